The number of amides is 3. The lowest BCUT2D eigenvalue weighted by Gasteiger charge is -2.27. The van der Waals surface area contributed by atoms with Crippen molar-refractivity contribution in [2.75, 3.05) is 10.6 Å². The number of anilines is 2. The highest BCUT2D eigenvalue weighted by Gasteiger charge is 2.19. The van der Waals surface area contributed by atoms with Gasteiger partial charge >= 0.3 is 6.03 Å². The van der Waals surface area contributed by atoms with Gasteiger partial charge in [0.2, 0.25) is 5.91 Å². The zero-order chi connectivity index (χ0) is 20.1. The van der Waals surface area contributed by atoms with Crippen molar-refractivity contribution in [3.05, 3.63) is 57.0 Å². The summed E-state index contributed by atoms with van der Waals surface area (Å²) in [6.45, 7) is 5.60. The molecular formula is C19H20Cl3N3O2. The van der Waals surface area contributed by atoms with Crippen molar-refractivity contribution >= 4 is 58.1 Å². The van der Waals surface area contributed by atoms with Gasteiger partial charge in [-0.1, -0.05) is 40.9 Å². The molecule has 2 aromatic carbocycles. The first-order chi connectivity index (χ1) is 12.7. The number of urea groups is 1. The second kappa shape index (κ2) is 9.31. The Balaban J connectivity index is 2.15. The molecule has 144 valence electrons. The van der Waals surface area contributed by atoms with Crippen LogP contribution in [0.4, 0.5) is 16.2 Å². The van der Waals surface area contributed by atoms with Gasteiger partial charge < -0.3 is 15.5 Å². The van der Waals surface area contributed by atoms with Crippen LogP contribution in [0.1, 0.15) is 26.3 Å². The number of hydrogen-bond donors (Lipinski definition) is 2. The van der Waals surface area contributed by atoms with Gasteiger partial charge in [0, 0.05) is 25.2 Å². The molecule has 0 aromatic heterocycles. The van der Waals surface area contributed by atoms with E-state index in [9.17, 15) is 9.59 Å². The van der Waals surface area contributed by atoms with Gasteiger partial charge in [0.25, 0.3) is 0 Å². The Bertz CT molecular complexity index is 856. The Morgan fingerprint density at radius 1 is 0.963 bits per heavy atom. The van der Waals surface area contributed by atoms with E-state index < -0.39 is 0 Å². The molecule has 0 spiro atoms. The molecule has 0 radical (unpaired) electrons. The number of nitrogens with one attached hydrogen (secondary N) is 2. The van der Waals surface area contributed by atoms with Crippen molar-refractivity contribution in [3.8, 4) is 0 Å². The van der Waals surface area contributed by atoms with E-state index >= 15 is 0 Å². The first kappa shape index (κ1) is 21.4. The summed E-state index contributed by atoms with van der Waals surface area (Å²) < 4.78 is 0. The summed E-state index contributed by atoms with van der Waals surface area (Å²) in [5, 5.41) is 6.67. The summed E-state index contributed by atoms with van der Waals surface area (Å²) in [5.74, 6) is -0.199. The fourth-order valence-corrected chi connectivity index (χ4v) is 2.96. The van der Waals surface area contributed by atoms with Crippen molar-refractivity contribution in [1.82, 2.24) is 4.90 Å². The summed E-state index contributed by atoms with van der Waals surface area (Å²) in [6.07, 6.45) is 0. The average Bonchev–Trinajstić information content (AvgIpc) is 2.57. The molecular weight excluding hydrogens is 409 g/mol. The maximum Gasteiger partial charge on any atom is 0.322 e. The molecule has 3 amide bonds. The van der Waals surface area contributed by atoms with Crippen LogP contribution in [-0.2, 0) is 11.3 Å². The third kappa shape index (κ3) is 6.03. The summed E-state index contributed by atoms with van der Waals surface area (Å²) >= 11 is 18.2. The molecule has 0 bridgehead atoms. The van der Waals surface area contributed by atoms with Crippen LogP contribution >= 0.6 is 34.8 Å². The third-order valence-electron chi connectivity index (χ3n) is 3.75. The largest absolute Gasteiger partial charge is 0.326 e. The number of benzene rings is 2. The van der Waals surface area contributed by atoms with Crippen LogP contribution < -0.4 is 10.6 Å². The lowest BCUT2D eigenvalue weighted by atomic mass is 10.2. The summed E-state index contributed by atoms with van der Waals surface area (Å²) in [5.41, 5.74) is 1.87. The van der Waals surface area contributed by atoms with E-state index in [0.717, 1.165) is 5.56 Å². The average molecular weight is 429 g/mol. The van der Waals surface area contributed by atoms with Crippen LogP contribution in [0.3, 0.4) is 0 Å². The van der Waals surface area contributed by atoms with E-state index in [1.165, 1.54) is 6.92 Å². The fourth-order valence-electron chi connectivity index (χ4n) is 2.41. The number of halogens is 3. The van der Waals surface area contributed by atoms with Crippen LogP contribution in [0.5, 0.6) is 0 Å². The molecule has 2 aromatic rings. The molecule has 2 rings (SSSR count). The van der Waals surface area contributed by atoms with Crippen LogP contribution in [0.25, 0.3) is 0 Å². The Kier molecular flexibility index (Phi) is 7.36. The SMILES string of the molecule is CC(=O)Nc1ccc(NC(=O)N(Cc2ccc(Cl)c(Cl)c2)C(C)C)c(Cl)c1. The number of hydrogen-bond acceptors (Lipinski definition) is 2. The van der Waals surface area contributed by atoms with E-state index in [1.807, 2.05) is 19.9 Å². The van der Waals surface area contributed by atoms with Crippen molar-refractivity contribution in [1.29, 1.82) is 0 Å². The molecule has 0 saturated carbocycles. The van der Waals surface area contributed by atoms with E-state index in [4.69, 9.17) is 34.8 Å². The zero-order valence-corrected chi connectivity index (χ0v) is 17.4. The first-order valence-electron chi connectivity index (χ1n) is 8.26. The lowest BCUT2D eigenvalue weighted by Crippen LogP contribution is -2.39. The van der Waals surface area contributed by atoms with Crippen molar-refractivity contribution in [2.45, 2.75) is 33.4 Å². The fraction of sp³-hybridized carbons (Fsp3) is 0.263. The Morgan fingerprint density at radius 2 is 1.67 bits per heavy atom. The van der Waals surface area contributed by atoms with Crippen molar-refractivity contribution in [3.63, 3.8) is 0 Å². The number of nitrogens with zero attached hydrogens (tertiary/aromatic N) is 1. The minimum atomic E-state index is -0.301. The molecule has 0 atom stereocenters. The topological polar surface area (TPSA) is 61.4 Å². The molecule has 0 saturated heterocycles. The van der Waals surface area contributed by atoms with Crippen LogP contribution in [-0.4, -0.2) is 22.9 Å². The zero-order valence-electron chi connectivity index (χ0n) is 15.1. The first-order valence-corrected chi connectivity index (χ1v) is 9.39. The van der Waals surface area contributed by atoms with Gasteiger partial charge in [-0.15, -0.1) is 0 Å². The molecule has 0 heterocycles. The van der Waals surface area contributed by atoms with Gasteiger partial charge in [-0.3, -0.25) is 4.79 Å². The Labute approximate surface area is 173 Å². The molecule has 0 unspecified atom stereocenters. The lowest BCUT2D eigenvalue weighted by molar-refractivity contribution is -0.114. The maximum absolute atomic E-state index is 12.8. The molecule has 0 aliphatic rings. The van der Waals surface area contributed by atoms with E-state index in [0.29, 0.717) is 33.0 Å². The molecule has 5 nitrogen and oxygen atoms in total. The molecule has 2 N–H and O–H groups in total. The Morgan fingerprint density at radius 3 is 2.22 bits per heavy atom. The molecule has 0 aliphatic carbocycles. The van der Waals surface area contributed by atoms with Gasteiger partial charge in [-0.25, -0.2) is 4.79 Å². The number of carbonyl (C=O) groups is 2. The van der Waals surface area contributed by atoms with E-state index in [1.54, 1.807) is 35.2 Å². The van der Waals surface area contributed by atoms with Crippen LogP contribution in [0, 0.1) is 0 Å². The second-order valence-electron chi connectivity index (χ2n) is 6.28. The molecule has 0 fully saturated rings. The summed E-state index contributed by atoms with van der Waals surface area (Å²) in [4.78, 5) is 25.5. The highest BCUT2D eigenvalue weighted by atomic mass is 35.5. The van der Waals surface area contributed by atoms with Gasteiger partial charge in [-0.05, 0) is 49.7 Å². The quantitative estimate of drug-likeness (QED) is 0.609. The minimum absolute atomic E-state index is 0.0584. The van der Waals surface area contributed by atoms with E-state index in [2.05, 4.69) is 10.6 Å². The summed E-state index contributed by atoms with van der Waals surface area (Å²) in [6, 6.07) is 9.80. The predicted octanol–water partition coefficient (Wildman–Crippen LogP) is 6.05. The predicted molar refractivity (Wildman–Crippen MR) is 112 cm³/mol. The van der Waals surface area contributed by atoms with E-state index in [-0.39, 0.29) is 18.0 Å². The van der Waals surface area contributed by atoms with Crippen molar-refractivity contribution < 1.29 is 9.59 Å². The second-order valence-corrected chi connectivity index (χ2v) is 7.50. The molecule has 27 heavy (non-hydrogen) atoms. The van der Waals surface area contributed by atoms with Gasteiger partial charge in [0.1, 0.15) is 0 Å². The van der Waals surface area contributed by atoms with Crippen LogP contribution in [0.15, 0.2) is 36.4 Å². The van der Waals surface area contributed by atoms with Crippen molar-refractivity contribution in [2.24, 2.45) is 0 Å². The number of rotatable bonds is 5. The highest BCUT2D eigenvalue weighted by molar-refractivity contribution is 6.42. The smallest absolute Gasteiger partial charge is 0.322 e. The summed E-state index contributed by atoms with van der Waals surface area (Å²) in [7, 11) is 0. The normalized spacial score (nSPS) is 10.6. The van der Waals surface area contributed by atoms with Gasteiger partial charge in [0.15, 0.2) is 0 Å². The van der Waals surface area contributed by atoms with Crippen LogP contribution in [0.2, 0.25) is 15.1 Å². The Hall–Kier alpha value is -1.95. The molecule has 8 heteroatoms. The third-order valence-corrected chi connectivity index (χ3v) is 4.80. The monoisotopic (exact) mass is 427 g/mol. The highest BCUT2D eigenvalue weighted by Crippen LogP contribution is 2.27. The van der Waals surface area contributed by atoms with Gasteiger partial charge in [0.05, 0.1) is 20.8 Å². The number of carbonyl (C=O) groups excluding carboxylic acids is 2. The minimum Gasteiger partial charge on any atom is -0.326 e. The standard InChI is InChI=1S/C19H20Cl3N3O2/c1-11(2)25(10-13-4-6-15(20)16(21)8-13)19(27)24-18-7-5-14(9-17(18)22)23-12(3)26/h4-9,11H,10H2,1-3H3,(H,23,26)(H,24,27). The van der Waals surface area contributed by atoms with Gasteiger partial charge in [-0.2, -0.15) is 0 Å². The maximum atomic E-state index is 12.8. The molecule has 0 aliphatic heterocycles.